The quantitative estimate of drug-likeness (QED) is 0.837. The minimum atomic E-state index is 0.357. The summed E-state index contributed by atoms with van der Waals surface area (Å²) in [5, 5.41) is 3.89. The van der Waals surface area contributed by atoms with Gasteiger partial charge in [-0.1, -0.05) is 5.16 Å². The highest BCUT2D eigenvalue weighted by Gasteiger charge is 2.26. The number of likely N-dealkylation sites (tertiary alicyclic amines) is 1. The topological polar surface area (TPSA) is 60.0 Å². The number of rotatable bonds is 3. The zero-order valence-electron chi connectivity index (χ0n) is 11.4. The highest BCUT2D eigenvalue weighted by atomic mass is 16.5. The number of nitrogens with zero attached hydrogens (tertiary/aromatic N) is 5. The predicted molar refractivity (Wildman–Crippen MR) is 69.5 cm³/mol. The van der Waals surface area contributed by atoms with Crippen LogP contribution in [-0.2, 0) is 13.6 Å². The SMILES string of the molecule is Cc1noc([C@H]2CCCN(Cc3nccn3C)C2)n1. The van der Waals surface area contributed by atoms with Crippen molar-refractivity contribution in [1.82, 2.24) is 24.6 Å². The summed E-state index contributed by atoms with van der Waals surface area (Å²) < 4.78 is 7.37. The van der Waals surface area contributed by atoms with Crippen molar-refractivity contribution in [3.05, 3.63) is 29.9 Å². The second kappa shape index (κ2) is 5.13. The smallest absolute Gasteiger partial charge is 0.231 e. The molecular weight excluding hydrogens is 242 g/mol. The lowest BCUT2D eigenvalue weighted by Gasteiger charge is -2.30. The van der Waals surface area contributed by atoms with Crippen molar-refractivity contribution in [2.45, 2.75) is 32.2 Å². The van der Waals surface area contributed by atoms with E-state index in [1.54, 1.807) is 0 Å². The van der Waals surface area contributed by atoms with Crippen LogP contribution in [0.15, 0.2) is 16.9 Å². The molecule has 6 heteroatoms. The van der Waals surface area contributed by atoms with Crippen molar-refractivity contribution in [1.29, 1.82) is 0 Å². The van der Waals surface area contributed by atoms with Crippen LogP contribution in [0.2, 0.25) is 0 Å². The zero-order chi connectivity index (χ0) is 13.2. The fourth-order valence-electron chi connectivity index (χ4n) is 2.63. The molecule has 1 atom stereocenters. The van der Waals surface area contributed by atoms with Crippen molar-refractivity contribution in [3.63, 3.8) is 0 Å². The van der Waals surface area contributed by atoms with Gasteiger partial charge in [0.05, 0.1) is 12.5 Å². The average molecular weight is 261 g/mol. The van der Waals surface area contributed by atoms with Gasteiger partial charge in [-0.05, 0) is 26.3 Å². The lowest BCUT2D eigenvalue weighted by atomic mass is 9.98. The molecule has 1 saturated heterocycles. The molecule has 102 valence electrons. The minimum absolute atomic E-state index is 0.357. The number of aryl methyl sites for hydroxylation is 2. The lowest BCUT2D eigenvalue weighted by molar-refractivity contribution is 0.175. The summed E-state index contributed by atoms with van der Waals surface area (Å²) >= 11 is 0. The minimum Gasteiger partial charge on any atom is -0.339 e. The van der Waals surface area contributed by atoms with E-state index in [4.69, 9.17) is 4.52 Å². The van der Waals surface area contributed by atoms with Crippen LogP contribution in [0.25, 0.3) is 0 Å². The van der Waals surface area contributed by atoms with Crippen LogP contribution in [0.5, 0.6) is 0 Å². The van der Waals surface area contributed by atoms with Crippen LogP contribution in [-0.4, -0.2) is 37.7 Å². The van der Waals surface area contributed by atoms with Crippen LogP contribution < -0.4 is 0 Å². The molecule has 0 radical (unpaired) electrons. The number of aromatic nitrogens is 4. The normalized spacial score (nSPS) is 20.8. The average Bonchev–Trinajstić information content (AvgIpc) is 3.00. The van der Waals surface area contributed by atoms with Crippen LogP contribution in [0.1, 0.15) is 36.3 Å². The number of piperidine rings is 1. The fraction of sp³-hybridized carbons (Fsp3) is 0.615. The molecule has 0 spiro atoms. The Morgan fingerprint density at radius 3 is 3.05 bits per heavy atom. The Kier molecular flexibility index (Phi) is 3.33. The van der Waals surface area contributed by atoms with Gasteiger partial charge < -0.3 is 9.09 Å². The monoisotopic (exact) mass is 261 g/mol. The molecule has 0 saturated carbocycles. The molecule has 1 aliphatic rings. The molecule has 3 heterocycles. The third kappa shape index (κ3) is 2.68. The van der Waals surface area contributed by atoms with E-state index < -0.39 is 0 Å². The maximum Gasteiger partial charge on any atom is 0.231 e. The van der Waals surface area contributed by atoms with Gasteiger partial charge in [0.2, 0.25) is 5.89 Å². The Morgan fingerprint density at radius 1 is 1.47 bits per heavy atom. The molecule has 0 amide bonds. The summed E-state index contributed by atoms with van der Waals surface area (Å²) in [6.07, 6.45) is 6.12. The first kappa shape index (κ1) is 12.3. The third-order valence-electron chi connectivity index (χ3n) is 3.68. The maximum atomic E-state index is 5.30. The highest BCUT2D eigenvalue weighted by Crippen LogP contribution is 2.26. The standard InChI is InChI=1S/C13H19N5O/c1-10-15-13(19-16-10)11-4-3-6-18(8-11)9-12-14-5-7-17(12)2/h5,7,11H,3-4,6,8-9H2,1-2H3/t11-/m0/s1. The maximum absolute atomic E-state index is 5.30. The first-order valence-electron chi connectivity index (χ1n) is 6.71. The molecule has 3 rings (SSSR count). The first-order chi connectivity index (χ1) is 9.22. The van der Waals surface area contributed by atoms with Crippen molar-refractivity contribution in [3.8, 4) is 0 Å². The fourth-order valence-corrected chi connectivity index (χ4v) is 2.63. The van der Waals surface area contributed by atoms with Crippen molar-refractivity contribution >= 4 is 0 Å². The Bertz CT molecular complexity index is 547. The Hall–Kier alpha value is -1.69. The molecule has 0 aromatic carbocycles. The van der Waals surface area contributed by atoms with Gasteiger partial charge in [-0.2, -0.15) is 4.98 Å². The molecule has 0 aliphatic carbocycles. The van der Waals surface area contributed by atoms with Gasteiger partial charge in [0, 0.05) is 26.0 Å². The molecule has 2 aromatic heterocycles. The van der Waals surface area contributed by atoms with E-state index >= 15 is 0 Å². The molecule has 19 heavy (non-hydrogen) atoms. The number of hydrogen-bond donors (Lipinski definition) is 0. The Balaban J connectivity index is 1.66. The summed E-state index contributed by atoms with van der Waals surface area (Å²) in [6, 6.07) is 0. The van der Waals surface area contributed by atoms with Crippen LogP contribution in [0.3, 0.4) is 0 Å². The molecule has 0 N–H and O–H groups in total. The van der Waals surface area contributed by atoms with Gasteiger partial charge >= 0.3 is 0 Å². The first-order valence-corrected chi connectivity index (χ1v) is 6.71. The summed E-state index contributed by atoms with van der Waals surface area (Å²) in [5.41, 5.74) is 0. The van der Waals surface area contributed by atoms with Gasteiger partial charge in [0.15, 0.2) is 5.82 Å². The number of hydrogen-bond acceptors (Lipinski definition) is 5. The summed E-state index contributed by atoms with van der Waals surface area (Å²) in [7, 11) is 2.03. The number of imidazole rings is 1. The van der Waals surface area contributed by atoms with E-state index in [9.17, 15) is 0 Å². The molecular formula is C13H19N5O. The predicted octanol–water partition coefficient (Wildman–Crippen LogP) is 1.49. The molecule has 1 aliphatic heterocycles. The van der Waals surface area contributed by atoms with Crippen LogP contribution in [0, 0.1) is 6.92 Å². The molecule has 0 bridgehead atoms. The summed E-state index contributed by atoms with van der Waals surface area (Å²) in [6.45, 7) is 4.82. The van der Waals surface area contributed by atoms with E-state index in [-0.39, 0.29) is 0 Å². The van der Waals surface area contributed by atoms with Crippen LogP contribution in [0.4, 0.5) is 0 Å². The van der Waals surface area contributed by atoms with Crippen molar-refractivity contribution < 1.29 is 4.52 Å². The third-order valence-corrected chi connectivity index (χ3v) is 3.68. The van der Waals surface area contributed by atoms with Gasteiger partial charge in [-0.25, -0.2) is 4.98 Å². The van der Waals surface area contributed by atoms with Crippen molar-refractivity contribution in [2.75, 3.05) is 13.1 Å². The molecule has 2 aromatic rings. The van der Waals surface area contributed by atoms with Crippen LogP contribution >= 0.6 is 0 Å². The Labute approximate surface area is 112 Å². The van der Waals surface area contributed by atoms with E-state index in [0.29, 0.717) is 5.92 Å². The molecule has 0 unspecified atom stereocenters. The zero-order valence-corrected chi connectivity index (χ0v) is 11.4. The van der Waals surface area contributed by atoms with Gasteiger partial charge in [-0.15, -0.1) is 0 Å². The van der Waals surface area contributed by atoms with E-state index in [2.05, 4.69) is 24.6 Å². The second-order valence-electron chi connectivity index (χ2n) is 5.21. The van der Waals surface area contributed by atoms with Gasteiger partial charge in [0.25, 0.3) is 0 Å². The largest absolute Gasteiger partial charge is 0.339 e. The van der Waals surface area contributed by atoms with Crippen molar-refractivity contribution in [2.24, 2.45) is 7.05 Å². The molecule has 6 nitrogen and oxygen atoms in total. The van der Waals surface area contributed by atoms with E-state index in [0.717, 1.165) is 50.0 Å². The lowest BCUT2D eigenvalue weighted by Crippen LogP contribution is -2.34. The summed E-state index contributed by atoms with van der Waals surface area (Å²) in [5.74, 6) is 2.95. The Morgan fingerprint density at radius 2 is 2.37 bits per heavy atom. The van der Waals surface area contributed by atoms with E-state index in [1.807, 2.05) is 26.4 Å². The van der Waals surface area contributed by atoms with Gasteiger partial charge in [0.1, 0.15) is 5.82 Å². The highest BCUT2D eigenvalue weighted by molar-refractivity contribution is 4.98. The summed E-state index contributed by atoms with van der Waals surface area (Å²) in [4.78, 5) is 11.2. The van der Waals surface area contributed by atoms with E-state index in [1.165, 1.54) is 0 Å². The second-order valence-corrected chi connectivity index (χ2v) is 5.21. The molecule has 1 fully saturated rings. The van der Waals surface area contributed by atoms with Gasteiger partial charge in [-0.3, -0.25) is 4.90 Å².